The summed E-state index contributed by atoms with van der Waals surface area (Å²) in [4.78, 5) is 15.9. The van der Waals surface area contributed by atoms with E-state index in [1.807, 2.05) is 19.1 Å². The van der Waals surface area contributed by atoms with E-state index in [-0.39, 0.29) is 11.4 Å². The molecule has 0 atom stereocenters. The van der Waals surface area contributed by atoms with Crippen molar-refractivity contribution in [2.45, 2.75) is 6.92 Å². The average molecular weight is 317 g/mol. The lowest BCUT2D eigenvalue weighted by Gasteiger charge is -2.04. The molecule has 0 spiro atoms. The number of carbonyl (C=O) groups excluding carboxylic acids is 1. The minimum atomic E-state index is -0.548. The SMILES string of the molecule is COC(=O)c1cnc2c(C)c(-c3ccc(Cl)cc3)nn2c1N. The van der Waals surface area contributed by atoms with Gasteiger partial charge in [-0.1, -0.05) is 23.7 Å². The van der Waals surface area contributed by atoms with Crippen LogP contribution in [0.15, 0.2) is 30.5 Å². The fraction of sp³-hybridized carbons (Fsp3) is 0.133. The Kier molecular flexibility index (Phi) is 3.46. The van der Waals surface area contributed by atoms with Gasteiger partial charge in [0.15, 0.2) is 5.65 Å². The number of benzene rings is 1. The van der Waals surface area contributed by atoms with E-state index in [0.29, 0.717) is 10.7 Å². The second-order valence-electron chi connectivity index (χ2n) is 4.76. The lowest BCUT2D eigenvalue weighted by Crippen LogP contribution is -2.11. The van der Waals surface area contributed by atoms with E-state index in [1.54, 1.807) is 12.1 Å². The summed E-state index contributed by atoms with van der Waals surface area (Å²) in [5.41, 5.74) is 9.29. The topological polar surface area (TPSA) is 82.5 Å². The zero-order valence-electron chi connectivity index (χ0n) is 12.0. The van der Waals surface area contributed by atoms with Gasteiger partial charge < -0.3 is 10.5 Å². The number of nitrogens with two attached hydrogens (primary N) is 1. The minimum Gasteiger partial charge on any atom is -0.465 e. The van der Waals surface area contributed by atoms with Crippen LogP contribution in [0.3, 0.4) is 0 Å². The number of carbonyl (C=O) groups is 1. The Morgan fingerprint density at radius 3 is 2.64 bits per heavy atom. The van der Waals surface area contributed by atoms with Crippen molar-refractivity contribution in [3.05, 3.63) is 46.6 Å². The molecule has 6 nitrogen and oxygen atoms in total. The summed E-state index contributed by atoms with van der Waals surface area (Å²) in [7, 11) is 1.29. The van der Waals surface area contributed by atoms with Crippen molar-refractivity contribution >= 4 is 29.0 Å². The number of ether oxygens (including phenoxy) is 1. The molecule has 2 aromatic heterocycles. The van der Waals surface area contributed by atoms with E-state index in [1.165, 1.54) is 17.8 Å². The Morgan fingerprint density at radius 2 is 2.00 bits per heavy atom. The highest BCUT2D eigenvalue weighted by atomic mass is 35.5. The molecule has 0 aliphatic rings. The van der Waals surface area contributed by atoms with Crippen LogP contribution in [0.25, 0.3) is 16.9 Å². The third-order valence-electron chi connectivity index (χ3n) is 3.43. The van der Waals surface area contributed by atoms with Crippen molar-refractivity contribution in [2.24, 2.45) is 0 Å². The van der Waals surface area contributed by atoms with Gasteiger partial charge in [0.25, 0.3) is 0 Å². The Balaban J connectivity index is 2.22. The first-order valence-corrected chi connectivity index (χ1v) is 6.88. The molecule has 3 rings (SSSR count). The van der Waals surface area contributed by atoms with Crippen molar-refractivity contribution in [3.63, 3.8) is 0 Å². The molecule has 0 unspecified atom stereocenters. The van der Waals surface area contributed by atoms with Crippen molar-refractivity contribution in [1.29, 1.82) is 0 Å². The Morgan fingerprint density at radius 1 is 1.32 bits per heavy atom. The van der Waals surface area contributed by atoms with E-state index in [4.69, 9.17) is 17.3 Å². The number of methoxy groups -OCH3 is 1. The number of esters is 1. The molecule has 0 aliphatic heterocycles. The average Bonchev–Trinajstić information content (AvgIpc) is 2.86. The molecule has 2 N–H and O–H groups in total. The van der Waals surface area contributed by atoms with Crippen LogP contribution in [-0.4, -0.2) is 27.7 Å². The van der Waals surface area contributed by atoms with Gasteiger partial charge in [0.1, 0.15) is 11.4 Å². The fourth-order valence-electron chi connectivity index (χ4n) is 2.26. The highest BCUT2D eigenvalue weighted by Gasteiger charge is 2.18. The Hall–Kier alpha value is -2.60. The number of hydrogen-bond donors (Lipinski definition) is 1. The quantitative estimate of drug-likeness (QED) is 0.735. The number of fused-ring (bicyclic) bond motifs is 1. The largest absolute Gasteiger partial charge is 0.465 e. The molecule has 112 valence electrons. The number of nitrogens with zero attached hydrogens (tertiary/aromatic N) is 3. The Labute approximate surface area is 131 Å². The fourth-order valence-corrected chi connectivity index (χ4v) is 2.39. The second-order valence-corrected chi connectivity index (χ2v) is 5.20. The van der Waals surface area contributed by atoms with Gasteiger partial charge in [-0.15, -0.1) is 0 Å². The van der Waals surface area contributed by atoms with Gasteiger partial charge in [0.05, 0.1) is 12.8 Å². The monoisotopic (exact) mass is 316 g/mol. The van der Waals surface area contributed by atoms with Gasteiger partial charge >= 0.3 is 5.97 Å². The summed E-state index contributed by atoms with van der Waals surface area (Å²) in [6, 6.07) is 7.32. The van der Waals surface area contributed by atoms with Crippen LogP contribution in [0.5, 0.6) is 0 Å². The van der Waals surface area contributed by atoms with Crippen LogP contribution in [0, 0.1) is 6.92 Å². The van der Waals surface area contributed by atoms with Crippen molar-refractivity contribution in [2.75, 3.05) is 12.8 Å². The van der Waals surface area contributed by atoms with Crippen LogP contribution in [-0.2, 0) is 4.74 Å². The summed E-state index contributed by atoms with van der Waals surface area (Å²) in [6.07, 6.45) is 1.40. The molecule has 0 bridgehead atoms. The van der Waals surface area contributed by atoms with Crippen LogP contribution in [0.2, 0.25) is 5.02 Å². The van der Waals surface area contributed by atoms with Gasteiger partial charge in [-0.3, -0.25) is 0 Å². The molecule has 0 amide bonds. The molecule has 3 aromatic rings. The highest BCUT2D eigenvalue weighted by Crippen LogP contribution is 2.27. The van der Waals surface area contributed by atoms with Gasteiger partial charge in [-0.25, -0.2) is 9.78 Å². The predicted octanol–water partition coefficient (Wildman–Crippen LogP) is 2.73. The van der Waals surface area contributed by atoms with Gasteiger partial charge in [0.2, 0.25) is 0 Å². The smallest absolute Gasteiger partial charge is 0.343 e. The second kappa shape index (κ2) is 5.31. The summed E-state index contributed by atoms with van der Waals surface area (Å²) >= 11 is 5.91. The third-order valence-corrected chi connectivity index (χ3v) is 3.69. The Bertz CT molecular complexity index is 871. The molecule has 0 radical (unpaired) electrons. The summed E-state index contributed by atoms with van der Waals surface area (Å²) in [6.45, 7) is 1.90. The first kappa shape index (κ1) is 14.3. The standard InChI is InChI=1S/C15H13ClN4O2/c1-8-12(9-3-5-10(16)6-4-9)19-20-13(17)11(15(21)22-2)7-18-14(8)20/h3-7H,17H2,1-2H3. The van der Waals surface area contributed by atoms with E-state index < -0.39 is 5.97 Å². The summed E-state index contributed by atoms with van der Waals surface area (Å²) in [5, 5.41) is 5.12. The van der Waals surface area contributed by atoms with Crippen LogP contribution in [0.4, 0.5) is 5.82 Å². The first-order chi connectivity index (χ1) is 10.5. The zero-order chi connectivity index (χ0) is 15.9. The predicted molar refractivity (Wildman–Crippen MR) is 83.9 cm³/mol. The summed E-state index contributed by atoms with van der Waals surface area (Å²) in [5.74, 6) is -0.353. The molecule has 0 aliphatic carbocycles. The third kappa shape index (κ3) is 2.17. The molecule has 2 heterocycles. The summed E-state index contributed by atoms with van der Waals surface area (Å²) < 4.78 is 6.14. The van der Waals surface area contributed by atoms with E-state index in [2.05, 4.69) is 14.8 Å². The normalized spacial score (nSPS) is 10.9. The number of rotatable bonds is 2. The molecular formula is C15H13ClN4O2. The minimum absolute atomic E-state index is 0.181. The van der Waals surface area contributed by atoms with E-state index >= 15 is 0 Å². The van der Waals surface area contributed by atoms with Crippen molar-refractivity contribution < 1.29 is 9.53 Å². The molecule has 0 saturated carbocycles. The van der Waals surface area contributed by atoms with Crippen LogP contribution < -0.4 is 5.73 Å². The first-order valence-electron chi connectivity index (χ1n) is 6.51. The molecule has 7 heteroatoms. The lowest BCUT2D eigenvalue weighted by molar-refractivity contribution is 0.0601. The zero-order valence-corrected chi connectivity index (χ0v) is 12.8. The van der Waals surface area contributed by atoms with Crippen molar-refractivity contribution in [1.82, 2.24) is 14.6 Å². The van der Waals surface area contributed by atoms with E-state index in [9.17, 15) is 4.79 Å². The number of aryl methyl sites for hydroxylation is 1. The maximum absolute atomic E-state index is 11.7. The van der Waals surface area contributed by atoms with Crippen LogP contribution in [0.1, 0.15) is 15.9 Å². The highest BCUT2D eigenvalue weighted by molar-refractivity contribution is 6.30. The van der Waals surface area contributed by atoms with Crippen LogP contribution >= 0.6 is 11.6 Å². The maximum atomic E-state index is 11.7. The van der Waals surface area contributed by atoms with Crippen molar-refractivity contribution in [3.8, 4) is 11.3 Å². The van der Waals surface area contributed by atoms with Gasteiger partial charge in [0, 0.05) is 22.3 Å². The van der Waals surface area contributed by atoms with Gasteiger partial charge in [-0.2, -0.15) is 9.61 Å². The molecular weight excluding hydrogens is 304 g/mol. The molecule has 22 heavy (non-hydrogen) atoms. The lowest BCUT2D eigenvalue weighted by atomic mass is 10.1. The molecule has 0 saturated heterocycles. The number of nitrogen functional groups attached to an aromatic ring is 1. The number of anilines is 1. The number of halogens is 1. The molecule has 0 fully saturated rings. The van der Waals surface area contributed by atoms with Gasteiger partial charge in [-0.05, 0) is 19.1 Å². The maximum Gasteiger partial charge on any atom is 0.343 e. The number of hydrogen-bond acceptors (Lipinski definition) is 5. The number of aromatic nitrogens is 3. The van der Waals surface area contributed by atoms with E-state index in [0.717, 1.165) is 16.8 Å². The molecule has 1 aromatic carbocycles.